The topological polar surface area (TPSA) is 12.0 Å². The van der Waals surface area contributed by atoms with Gasteiger partial charge >= 0.3 is 0 Å². The third kappa shape index (κ3) is 5.00. The molecule has 1 nitrogen and oxygen atoms in total. The molecule has 0 spiro atoms. The van der Waals surface area contributed by atoms with E-state index < -0.39 is 0 Å². The molecular formula is C19H30NP. The summed E-state index contributed by atoms with van der Waals surface area (Å²) in [7, 11) is 4.81. The summed E-state index contributed by atoms with van der Waals surface area (Å²) in [5.41, 5.74) is 5.17. The Bertz CT molecular complexity index is 492. The lowest BCUT2D eigenvalue weighted by molar-refractivity contribution is 0.604. The highest BCUT2D eigenvalue weighted by molar-refractivity contribution is 7.23. The molecule has 0 saturated carbocycles. The molecule has 0 fully saturated rings. The van der Waals surface area contributed by atoms with E-state index in [0.29, 0.717) is 11.8 Å². The van der Waals surface area contributed by atoms with Crippen LogP contribution in [0.15, 0.2) is 59.1 Å². The largest absolute Gasteiger partial charge is 0.394 e. The summed E-state index contributed by atoms with van der Waals surface area (Å²) in [6, 6.07) is 0. The van der Waals surface area contributed by atoms with Crippen molar-refractivity contribution in [3.63, 3.8) is 0 Å². The monoisotopic (exact) mass is 303 g/mol. The third-order valence-electron chi connectivity index (χ3n) is 4.10. The maximum absolute atomic E-state index is 4.29. The predicted octanol–water partition coefficient (Wildman–Crippen LogP) is 5.36. The molecule has 1 aliphatic carbocycles. The minimum atomic E-state index is 0.464. The Morgan fingerprint density at radius 2 is 2.10 bits per heavy atom. The second-order valence-corrected chi connectivity index (χ2v) is 6.80. The summed E-state index contributed by atoms with van der Waals surface area (Å²) in [6.45, 7) is 15.2. The van der Waals surface area contributed by atoms with Crippen LogP contribution in [0.4, 0.5) is 0 Å². The number of allylic oxidation sites excluding steroid dienone is 7. The van der Waals surface area contributed by atoms with Gasteiger partial charge in [-0.05, 0) is 59.3 Å². The van der Waals surface area contributed by atoms with Crippen LogP contribution in [0.2, 0.25) is 0 Å². The number of rotatable bonds is 7. The maximum atomic E-state index is 4.29. The quantitative estimate of drug-likeness (QED) is 0.624. The van der Waals surface area contributed by atoms with Gasteiger partial charge in [-0.25, -0.2) is 0 Å². The van der Waals surface area contributed by atoms with Crippen LogP contribution in [0.1, 0.15) is 40.0 Å². The lowest BCUT2D eigenvalue weighted by atomic mass is 9.81. The first-order chi connectivity index (χ1) is 9.88. The van der Waals surface area contributed by atoms with E-state index in [9.17, 15) is 0 Å². The fourth-order valence-electron chi connectivity index (χ4n) is 2.61. The van der Waals surface area contributed by atoms with Crippen LogP contribution in [-0.4, -0.2) is 7.05 Å². The van der Waals surface area contributed by atoms with Crippen molar-refractivity contribution >= 4 is 9.24 Å². The van der Waals surface area contributed by atoms with Crippen molar-refractivity contribution in [3.05, 3.63) is 59.1 Å². The number of hydrogen-bond donors (Lipinski definition) is 1. The van der Waals surface area contributed by atoms with E-state index in [-0.39, 0.29) is 0 Å². The van der Waals surface area contributed by atoms with E-state index in [4.69, 9.17) is 0 Å². The standard InChI is InChI=1S/C19H30NP/c1-13(2)16(5)19-15(4)11-17(12-18(19)21)14(3)9-7-8-10-20-6/h8,10,12-14,20H,4-5,7,9,11,21H2,1-3,6H3/b10-8+. The summed E-state index contributed by atoms with van der Waals surface area (Å²) in [5, 5.41) is 4.28. The SMILES string of the molecule is C=C1CC(C(C)CC/C=C/NC)=CC(P)=C1C(=C)C(C)C. The van der Waals surface area contributed by atoms with Crippen molar-refractivity contribution in [2.45, 2.75) is 40.0 Å². The van der Waals surface area contributed by atoms with Crippen molar-refractivity contribution in [1.82, 2.24) is 5.32 Å². The molecule has 0 aromatic heterocycles. The summed E-state index contributed by atoms with van der Waals surface area (Å²) in [5.74, 6) is 1.05. The van der Waals surface area contributed by atoms with Gasteiger partial charge in [-0.15, -0.1) is 9.24 Å². The fraction of sp³-hybridized carbons (Fsp3) is 0.474. The molecule has 0 heterocycles. The molecule has 116 valence electrons. The van der Waals surface area contributed by atoms with Gasteiger partial charge in [-0.3, -0.25) is 0 Å². The van der Waals surface area contributed by atoms with Crippen molar-refractivity contribution in [1.29, 1.82) is 0 Å². The first-order valence-electron chi connectivity index (χ1n) is 7.78. The second kappa shape index (κ2) is 8.39. The molecule has 1 aliphatic rings. The smallest absolute Gasteiger partial charge is 0.00276 e. The molecule has 2 unspecified atom stereocenters. The Morgan fingerprint density at radius 1 is 1.43 bits per heavy atom. The van der Waals surface area contributed by atoms with Gasteiger partial charge in [0.1, 0.15) is 0 Å². The second-order valence-electron chi connectivity index (χ2n) is 6.18. The molecular weight excluding hydrogens is 273 g/mol. The Hall–Kier alpha value is -1.07. The van der Waals surface area contributed by atoms with Crippen LogP contribution in [0.3, 0.4) is 0 Å². The van der Waals surface area contributed by atoms with Crippen LogP contribution in [0, 0.1) is 11.8 Å². The van der Waals surface area contributed by atoms with Crippen LogP contribution in [0.25, 0.3) is 0 Å². The minimum Gasteiger partial charge on any atom is -0.394 e. The van der Waals surface area contributed by atoms with Gasteiger partial charge in [0.15, 0.2) is 0 Å². The zero-order chi connectivity index (χ0) is 16.0. The summed E-state index contributed by atoms with van der Waals surface area (Å²) in [6.07, 6.45) is 9.79. The molecule has 0 bridgehead atoms. The normalized spacial score (nSPS) is 17.4. The molecule has 0 amide bonds. The molecule has 1 N–H and O–H groups in total. The fourth-order valence-corrected chi connectivity index (χ4v) is 3.22. The highest BCUT2D eigenvalue weighted by atomic mass is 31.0. The summed E-state index contributed by atoms with van der Waals surface area (Å²) in [4.78, 5) is 0. The maximum Gasteiger partial charge on any atom is 0.00276 e. The Kier molecular flexibility index (Phi) is 7.18. The van der Waals surface area contributed by atoms with Crippen molar-refractivity contribution in [2.75, 3.05) is 7.05 Å². The molecule has 0 aliphatic heterocycles. The lowest BCUT2D eigenvalue weighted by Gasteiger charge is -2.26. The molecule has 0 aromatic rings. The Balaban J connectivity index is 2.84. The first-order valence-corrected chi connectivity index (χ1v) is 8.36. The Morgan fingerprint density at radius 3 is 2.62 bits per heavy atom. The van der Waals surface area contributed by atoms with E-state index in [0.717, 1.165) is 12.8 Å². The average Bonchev–Trinajstić information content (AvgIpc) is 2.42. The molecule has 2 atom stereocenters. The highest BCUT2D eigenvalue weighted by Crippen LogP contribution is 2.40. The third-order valence-corrected chi connectivity index (χ3v) is 4.56. The number of hydrogen-bond acceptors (Lipinski definition) is 1. The van der Waals surface area contributed by atoms with Gasteiger partial charge < -0.3 is 5.32 Å². The number of nitrogens with one attached hydrogen (secondary N) is 1. The van der Waals surface area contributed by atoms with Gasteiger partial charge in [-0.1, -0.05) is 51.7 Å². The van der Waals surface area contributed by atoms with Gasteiger partial charge in [0.2, 0.25) is 0 Å². The first kappa shape index (κ1) is 18.0. The van der Waals surface area contributed by atoms with Crippen LogP contribution >= 0.6 is 9.24 Å². The molecule has 1 rings (SSSR count). The van der Waals surface area contributed by atoms with E-state index in [1.165, 1.54) is 34.0 Å². The van der Waals surface area contributed by atoms with Crippen LogP contribution < -0.4 is 5.32 Å². The van der Waals surface area contributed by atoms with E-state index in [2.05, 4.69) is 60.6 Å². The molecule has 0 radical (unpaired) electrons. The van der Waals surface area contributed by atoms with Crippen molar-refractivity contribution in [2.24, 2.45) is 11.8 Å². The highest BCUT2D eigenvalue weighted by Gasteiger charge is 2.21. The van der Waals surface area contributed by atoms with E-state index in [1.807, 2.05) is 13.2 Å². The van der Waals surface area contributed by atoms with Gasteiger partial charge in [-0.2, -0.15) is 0 Å². The molecule has 0 aromatic carbocycles. The summed E-state index contributed by atoms with van der Waals surface area (Å²) >= 11 is 0. The summed E-state index contributed by atoms with van der Waals surface area (Å²) < 4.78 is 0. The zero-order valence-corrected chi connectivity index (χ0v) is 15.2. The van der Waals surface area contributed by atoms with Crippen molar-refractivity contribution < 1.29 is 0 Å². The molecule has 21 heavy (non-hydrogen) atoms. The van der Waals surface area contributed by atoms with Crippen molar-refractivity contribution in [3.8, 4) is 0 Å². The van der Waals surface area contributed by atoms with Crippen LogP contribution in [0.5, 0.6) is 0 Å². The van der Waals surface area contributed by atoms with Crippen LogP contribution in [-0.2, 0) is 0 Å². The van der Waals surface area contributed by atoms with Gasteiger partial charge in [0.25, 0.3) is 0 Å². The van der Waals surface area contributed by atoms with Gasteiger partial charge in [0, 0.05) is 7.05 Å². The minimum absolute atomic E-state index is 0.464. The predicted molar refractivity (Wildman–Crippen MR) is 99.2 cm³/mol. The van der Waals surface area contributed by atoms with Gasteiger partial charge in [0.05, 0.1) is 0 Å². The molecule has 0 saturated heterocycles. The Labute approximate surface area is 133 Å². The lowest BCUT2D eigenvalue weighted by Crippen LogP contribution is -2.09. The average molecular weight is 303 g/mol. The molecule has 2 heteroatoms. The van der Waals surface area contributed by atoms with E-state index in [1.54, 1.807) is 0 Å². The zero-order valence-electron chi connectivity index (χ0n) is 14.0. The van der Waals surface area contributed by atoms with E-state index >= 15 is 0 Å².